The van der Waals surface area contributed by atoms with Crippen molar-refractivity contribution in [3.63, 3.8) is 0 Å². The van der Waals surface area contributed by atoms with Gasteiger partial charge in [0.05, 0.1) is 0 Å². The Morgan fingerprint density at radius 2 is 1.89 bits per heavy atom. The van der Waals surface area contributed by atoms with E-state index in [1.54, 1.807) is 31.3 Å². The second kappa shape index (κ2) is 4.08. The molecule has 2 nitrogen and oxygen atoms in total. The Hall–Kier alpha value is -1.91. The van der Waals surface area contributed by atoms with Crippen LogP contribution in [0.5, 0.6) is 0 Å². The molecule has 0 radical (unpaired) electrons. The average Bonchev–Trinajstić information content (AvgIpc) is 2.62. The van der Waals surface area contributed by atoms with E-state index in [9.17, 15) is 13.2 Å². The van der Waals surface area contributed by atoms with E-state index in [2.05, 4.69) is 11.9 Å². The highest BCUT2D eigenvalue weighted by Gasteiger charge is 2.38. The van der Waals surface area contributed by atoms with Gasteiger partial charge in [-0.2, -0.15) is 13.2 Å². The van der Waals surface area contributed by atoms with Crippen LogP contribution >= 0.6 is 0 Å². The molecule has 0 unspecified atom stereocenters. The standard InChI is InChI=1S/C13H13F3N2/c1-8(17-2)11-9-6-4-5-7-10(9)18(3)12(11)13(14,15)16/h4-7,17H,1H2,2-3H3. The lowest BCUT2D eigenvalue weighted by molar-refractivity contribution is -0.143. The normalized spacial score (nSPS) is 11.8. The van der Waals surface area contributed by atoms with Crippen molar-refractivity contribution in [2.45, 2.75) is 6.18 Å². The minimum atomic E-state index is -4.41. The molecule has 0 aliphatic carbocycles. The van der Waals surface area contributed by atoms with Crippen molar-refractivity contribution in [1.82, 2.24) is 9.88 Å². The number of para-hydroxylation sites is 1. The molecule has 0 saturated carbocycles. The predicted molar refractivity (Wildman–Crippen MR) is 66.0 cm³/mol. The van der Waals surface area contributed by atoms with E-state index in [-0.39, 0.29) is 11.3 Å². The zero-order chi connectivity index (χ0) is 13.5. The predicted octanol–water partition coefficient (Wildman–Crippen LogP) is 3.39. The molecule has 18 heavy (non-hydrogen) atoms. The first kappa shape index (κ1) is 12.5. The summed E-state index contributed by atoms with van der Waals surface area (Å²) in [6.45, 7) is 3.66. The molecule has 0 spiro atoms. The minimum absolute atomic E-state index is 0.114. The van der Waals surface area contributed by atoms with Crippen LogP contribution in [0.2, 0.25) is 0 Å². The molecule has 1 N–H and O–H groups in total. The molecule has 2 rings (SSSR count). The summed E-state index contributed by atoms with van der Waals surface area (Å²) in [5, 5.41) is 3.24. The quantitative estimate of drug-likeness (QED) is 0.869. The molecule has 96 valence electrons. The van der Waals surface area contributed by atoms with E-state index in [0.717, 1.165) is 4.57 Å². The van der Waals surface area contributed by atoms with Gasteiger partial charge >= 0.3 is 6.18 Å². The molecule has 0 fully saturated rings. The maximum atomic E-state index is 13.2. The van der Waals surface area contributed by atoms with Gasteiger partial charge in [-0.25, -0.2) is 0 Å². The number of rotatable bonds is 2. The molecule has 0 bridgehead atoms. The first-order chi connectivity index (χ1) is 8.38. The molecular formula is C13H13F3N2. The van der Waals surface area contributed by atoms with Gasteiger partial charge in [-0.1, -0.05) is 24.8 Å². The highest BCUT2D eigenvalue weighted by atomic mass is 19.4. The summed E-state index contributed by atoms with van der Waals surface area (Å²) in [4.78, 5) is 0. The van der Waals surface area contributed by atoms with E-state index in [0.29, 0.717) is 10.9 Å². The Bertz CT molecular complexity index is 608. The number of alkyl halides is 3. The molecule has 1 aromatic heterocycles. The number of halogens is 3. The van der Waals surface area contributed by atoms with Gasteiger partial charge in [0, 0.05) is 36.3 Å². The Balaban J connectivity index is 2.91. The Morgan fingerprint density at radius 3 is 2.44 bits per heavy atom. The number of aromatic nitrogens is 1. The van der Waals surface area contributed by atoms with Gasteiger partial charge in [-0.3, -0.25) is 0 Å². The minimum Gasteiger partial charge on any atom is -0.388 e. The van der Waals surface area contributed by atoms with Crippen LogP contribution in [0.25, 0.3) is 16.6 Å². The number of fused-ring (bicyclic) bond motifs is 1. The fourth-order valence-electron chi connectivity index (χ4n) is 2.16. The summed E-state index contributed by atoms with van der Waals surface area (Å²) in [6.07, 6.45) is -4.41. The lowest BCUT2D eigenvalue weighted by atomic mass is 10.1. The fraction of sp³-hybridized carbons (Fsp3) is 0.231. The van der Waals surface area contributed by atoms with Gasteiger partial charge in [0.1, 0.15) is 5.69 Å². The van der Waals surface area contributed by atoms with Gasteiger partial charge in [0.15, 0.2) is 0 Å². The zero-order valence-corrected chi connectivity index (χ0v) is 10.1. The first-order valence-corrected chi connectivity index (χ1v) is 5.39. The lowest BCUT2D eigenvalue weighted by Gasteiger charge is -2.12. The number of hydrogen-bond acceptors (Lipinski definition) is 1. The van der Waals surface area contributed by atoms with Crippen molar-refractivity contribution in [1.29, 1.82) is 0 Å². The van der Waals surface area contributed by atoms with Gasteiger partial charge in [-0.15, -0.1) is 0 Å². The van der Waals surface area contributed by atoms with Crippen LogP contribution < -0.4 is 5.32 Å². The van der Waals surface area contributed by atoms with Crippen LogP contribution in [-0.4, -0.2) is 11.6 Å². The lowest BCUT2D eigenvalue weighted by Crippen LogP contribution is -2.15. The third kappa shape index (κ3) is 1.75. The van der Waals surface area contributed by atoms with E-state index in [1.807, 2.05) is 0 Å². The van der Waals surface area contributed by atoms with Crippen molar-refractivity contribution in [3.05, 3.63) is 42.1 Å². The topological polar surface area (TPSA) is 17.0 Å². The van der Waals surface area contributed by atoms with Gasteiger partial charge in [-0.05, 0) is 6.07 Å². The first-order valence-electron chi connectivity index (χ1n) is 5.39. The van der Waals surface area contributed by atoms with E-state index in [1.165, 1.54) is 7.05 Å². The number of hydrogen-bond donors (Lipinski definition) is 1. The van der Waals surface area contributed by atoms with Crippen molar-refractivity contribution in [2.24, 2.45) is 7.05 Å². The van der Waals surface area contributed by atoms with Crippen LogP contribution in [0, 0.1) is 0 Å². The summed E-state index contributed by atoms with van der Waals surface area (Å²) in [6, 6.07) is 6.77. The van der Waals surface area contributed by atoms with E-state index in [4.69, 9.17) is 0 Å². The van der Waals surface area contributed by atoms with E-state index < -0.39 is 11.9 Å². The molecule has 0 saturated heterocycles. The number of aryl methyl sites for hydroxylation is 1. The molecule has 1 heterocycles. The summed E-state index contributed by atoms with van der Waals surface area (Å²) in [5.41, 5.74) is 0.238. The SMILES string of the molecule is C=C(NC)c1c(C(F)(F)F)n(C)c2ccccc12. The fourth-order valence-corrected chi connectivity index (χ4v) is 2.16. The molecule has 2 aromatic rings. The van der Waals surface area contributed by atoms with Crippen LogP contribution in [0.4, 0.5) is 13.2 Å². The summed E-state index contributed by atoms with van der Waals surface area (Å²) in [5.74, 6) is 0. The van der Waals surface area contributed by atoms with Crippen LogP contribution in [-0.2, 0) is 13.2 Å². The molecule has 0 atom stereocenters. The molecular weight excluding hydrogens is 241 g/mol. The van der Waals surface area contributed by atoms with Crippen molar-refractivity contribution in [3.8, 4) is 0 Å². The number of benzene rings is 1. The molecule has 0 aliphatic heterocycles. The number of nitrogens with one attached hydrogen (secondary N) is 1. The largest absolute Gasteiger partial charge is 0.432 e. The van der Waals surface area contributed by atoms with Crippen LogP contribution in [0.15, 0.2) is 30.8 Å². The van der Waals surface area contributed by atoms with E-state index >= 15 is 0 Å². The van der Waals surface area contributed by atoms with Gasteiger partial charge in [0.2, 0.25) is 0 Å². The highest BCUT2D eigenvalue weighted by Crippen LogP contribution is 2.39. The second-order valence-corrected chi connectivity index (χ2v) is 4.03. The zero-order valence-electron chi connectivity index (χ0n) is 10.1. The maximum Gasteiger partial charge on any atom is 0.432 e. The maximum absolute atomic E-state index is 13.2. The number of nitrogens with zero attached hydrogens (tertiary/aromatic N) is 1. The third-order valence-corrected chi connectivity index (χ3v) is 2.98. The Morgan fingerprint density at radius 1 is 1.28 bits per heavy atom. The van der Waals surface area contributed by atoms with Crippen molar-refractivity contribution in [2.75, 3.05) is 7.05 Å². The van der Waals surface area contributed by atoms with Crippen LogP contribution in [0.1, 0.15) is 11.3 Å². The summed E-state index contributed by atoms with van der Waals surface area (Å²) < 4.78 is 40.6. The highest BCUT2D eigenvalue weighted by molar-refractivity contribution is 5.94. The monoisotopic (exact) mass is 254 g/mol. The van der Waals surface area contributed by atoms with Crippen LogP contribution in [0.3, 0.4) is 0 Å². The molecule has 0 amide bonds. The Kier molecular flexibility index (Phi) is 2.84. The molecule has 1 aromatic carbocycles. The van der Waals surface area contributed by atoms with Crippen molar-refractivity contribution < 1.29 is 13.2 Å². The summed E-state index contributed by atoms with van der Waals surface area (Å²) in [7, 11) is 2.97. The van der Waals surface area contributed by atoms with Gasteiger partial charge < -0.3 is 9.88 Å². The third-order valence-electron chi connectivity index (χ3n) is 2.98. The van der Waals surface area contributed by atoms with Crippen molar-refractivity contribution >= 4 is 16.6 Å². The second-order valence-electron chi connectivity index (χ2n) is 4.03. The smallest absolute Gasteiger partial charge is 0.388 e. The molecule has 5 heteroatoms. The van der Waals surface area contributed by atoms with Gasteiger partial charge in [0.25, 0.3) is 0 Å². The summed E-state index contributed by atoms with van der Waals surface area (Å²) >= 11 is 0. The molecule has 0 aliphatic rings. The average molecular weight is 254 g/mol. The Labute approximate surface area is 103 Å².